The first-order valence-electron chi connectivity index (χ1n) is 4.80. The second-order valence-corrected chi connectivity index (χ2v) is 5.35. The molecule has 1 rings (SSSR count). The monoisotopic (exact) mass is 197 g/mol. The van der Waals surface area contributed by atoms with Gasteiger partial charge in [-0.1, -0.05) is 26.8 Å². The lowest BCUT2D eigenvalue weighted by Crippen LogP contribution is -2.23. The molecule has 0 aliphatic carbocycles. The van der Waals surface area contributed by atoms with E-state index in [1.165, 1.54) is 11.3 Å². The Morgan fingerprint density at radius 1 is 1.54 bits per heavy atom. The number of hydrogen-bond acceptors (Lipinski definition) is 2. The van der Waals surface area contributed by atoms with Gasteiger partial charge in [-0.25, -0.2) is 0 Å². The Kier molecular flexibility index (Phi) is 3.51. The summed E-state index contributed by atoms with van der Waals surface area (Å²) in [7, 11) is 0. The summed E-state index contributed by atoms with van der Waals surface area (Å²) >= 11 is 1.84. The average Bonchev–Trinajstić information content (AvgIpc) is 2.55. The molecule has 0 radical (unpaired) electrons. The average molecular weight is 197 g/mol. The molecule has 0 saturated heterocycles. The van der Waals surface area contributed by atoms with Crippen molar-refractivity contribution in [3.63, 3.8) is 0 Å². The van der Waals surface area contributed by atoms with Gasteiger partial charge in [-0.15, -0.1) is 11.3 Å². The van der Waals surface area contributed by atoms with Crippen molar-refractivity contribution >= 4 is 11.3 Å². The Balaban J connectivity index is 2.66. The third-order valence-corrected chi connectivity index (χ3v) is 3.69. The molecule has 1 heterocycles. The molecule has 1 aromatic rings. The van der Waals surface area contributed by atoms with Gasteiger partial charge in [-0.2, -0.15) is 0 Å². The van der Waals surface area contributed by atoms with Gasteiger partial charge in [0.25, 0.3) is 0 Å². The van der Waals surface area contributed by atoms with Gasteiger partial charge in [-0.3, -0.25) is 0 Å². The van der Waals surface area contributed by atoms with Crippen LogP contribution >= 0.6 is 11.3 Å². The molecule has 0 aliphatic rings. The minimum Gasteiger partial charge on any atom is -0.330 e. The highest BCUT2D eigenvalue weighted by molar-refractivity contribution is 7.10. The van der Waals surface area contributed by atoms with Gasteiger partial charge in [0.15, 0.2) is 0 Å². The predicted octanol–water partition coefficient (Wildman–Crippen LogP) is 3.01. The molecule has 0 aliphatic heterocycles. The van der Waals surface area contributed by atoms with Crippen LogP contribution in [-0.4, -0.2) is 6.54 Å². The molecule has 0 spiro atoms. The summed E-state index contributed by atoms with van der Waals surface area (Å²) in [4.78, 5) is 1.47. The van der Waals surface area contributed by atoms with Crippen molar-refractivity contribution in [1.82, 2.24) is 0 Å². The zero-order chi connectivity index (χ0) is 9.90. The first-order chi connectivity index (χ1) is 6.06. The van der Waals surface area contributed by atoms with Gasteiger partial charge < -0.3 is 5.73 Å². The van der Waals surface area contributed by atoms with E-state index in [9.17, 15) is 0 Å². The number of hydrogen-bond donors (Lipinski definition) is 1. The SMILES string of the molecule is CC(CN)CC(C)(C)c1cccs1. The number of thiophene rings is 1. The van der Waals surface area contributed by atoms with Gasteiger partial charge in [-0.05, 0) is 35.7 Å². The largest absolute Gasteiger partial charge is 0.330 e. The molecular weight excluding hydrogens is 178 g/mol. The zero-order valence-electron chi connectivity index (χ0n) is 8.71. The van der Waals surface area contributed by atoms with Crippen molar-refractivity contribution in [2.45, 2.75) is 32.6 Å². The van der Waals surface area contributed by atoms with Gasteiger partial charge in [0.2, 0.25) is 0 Å². The molecular formula is C11H19NS. The van der Waals surface area contributed by atoms with Crippen LogP contribution in [0.4, 0.5) is 0 Å². The van der Waals surface area contributed by atoms with Crippen molar-refractivity contribution in [3.05, 3.63) is 22.4 Å². The third-order valence-electron chi connectivity index (χ3n) is 2.45. The Labute approximate surface area is 85.0 Å². The fourth-order valence-electron chi connectivity index (χ4n) is 1.72. The fraction of sp³-hybridized carbons (Fsp3) is 0.636. The molecule has 0 aromatic carbocycles. The van der Waals surface area contributed by atoms with E-state index in [-0.39, 0.29) is 5.41 Å². The molecule has 2 heteroatoms. The van der Waals surface area contributed by atoms with Crippen LogP contribution in [0.3, 0.4) is 0 Å². The summed E-state index contributed by atoms with van der Waals surface area (Å²) in [5, 5.41) is 2.14. The second-order valence-electron chi connectivity index (χ2n) is 4.41. The summed E-state index contributed by atoms with van der Waals surface area (Å²) in [5.74, 6) is 0.608. The lowest BCUT2D eigenvalue weighted by Gasteiger charge is -2.26. The summed E-state index contributed by atoms with van der Waals surface area (Å²) in [6.07, 6.45) is 1.17. The molecule has 13 heavy (non-hydrogen) atoms. The minimum atomic E-state index is 0.285. The van der Waals surface area contributed by atoms with Crippen molar-refractivity contribution in [2.24, 2.45) is 11.7 Å². The van der Waals surface area contributed by atoms with E-state index in [0.29, 0.717) is 5.92 Å². The lowest BCUT2D eigenvalue weighted by molar-refractivity contribution is 0.391. The second kappa shape index (κ2) is 4.25. The zero-order valence-corrected chi connectivity index (χ0v) is 9.53. The van der Waals surface area contributed by atoms with Crippen molar-refractivity contribution in [3.8, 4) is 0 Å². The molecule has 74 valence electrons. The standard InChI is InChI=1S/C11H19NS/c1-9(8-12)7-11(2,3)10-5-4-6-13-10/h4-6,9H,7-8,12H2,1-3H3. The fourth-order valence-corrected chi connectivity index (χ4v) is 2.58. The molecule has 0 bridgehead atoms. The maximum absolute atomic E-state index is 5.64. The maximum atomic E-state index is 5.64. The van der Waals surface area contributed by atoms with Crippen LogP contribution in [0.5, 0.6) is 0 Å². The molecule has 2 N–H and O–H groups in total. The molecule has 0 saturated carbocycles. The quantitative estimate of drug-likeness (QED) is 0.789. The highest BCUT2D eigenvalue weighted by atomic mass is 32.1. The first kappa shape index (κ1) is 10.7. The predicted molar refractivity (Wildman–Crippen MR) is 60.2 cm³/mol. The van der Waals surface area contributed by atoms with Crippen molar-refractivity contribution in [1.29, 1.82) is 0 Å². The summed E-state index contributed by atoms with van der Waals surface area (Å²) in [6.45, 7) is 7.60. The van der Waals surface area contributed by atoms with Gasteiger partial charge in [0.05, 0.1) is 0 Å². The summed E-state index contributed by atoms with van der Waals surface area (Å²) < 4.78 is 0. The Hall–Kier alpha value is -0.340. The van der Waals surface area contributed by atoms with Crippen molar-refractivity contribution < 1.29 is 0 Å². The Morgan fingerprint density at radius 2 is 2.23 bits per heavy atom. The summed E-state index contributed by atoms with van der Waals surface area (Å²) in [6, 6.07) is 4.34. The lowest BCUT2D eigenvalue weighted by atomic mass is 9.82. The molecule has 1 atom stereocenters. The minimum absolute atomic E-state index is 0.285. The van der Waals surface area contributed by atoms with Crippen LogP contribution in [0.2, 0.25) is 0 Å². The smallest absolute Gasteiger partial charge is 0.0102 e. The summed E-state index contributed by atoms with van der Waals surface area (Å²) in [5.41, 5.74) is 5.92. The van der Waals surface area contributed by atoms with E-state index in [0.717, 1.165) is 6.54 Å². The van der Waals surface area contributed by atoms with E-state index in [1.807, 2.05) is 11.3 Å². The van der Waals surface area contributed by atoms with E-state index in [1.54, 1.807) is 0 Å². The number of rotatable bonds is 4. The van der Waals surface area contributed by atoms with Crippen LogP contribution in [0.1, 0.15) is 32.1 Å². The van der Waals surface area contributed by atoms with E-state index in [4.69, 9.17) is 5.73 Å². The van der Waals surface area contributed by atoms with Crippen molar-refractivity contribution in [2.75, 3.05) is 6.54 Å². The van der Waals surface area contributed by atoms with Crippen LogP contribution in [0.15, 0.2) is 17.5 Å². The van der Waals surface area contributed by atoms with E-state index in [2.05, 4.69) is 38.3 Å². The highest BCUT2D eigenvalue weighted by Crippen LogP contribution is 2.33. The maximum Gasteiger partial charge on any atom is 0.0102 e. The normalized spacial score (nSPS) is 14.5. The van der Waals surface area contributed by atoms with Gasteiger partial charge in [0, 0.05) is 4.88 Å². The third kappa shape index (κ3) is 2.82. The number of nitrogens with two attached hydrogens (primary N) is 1. The topological polar surface area (TPSA) is 26.0 Å². The molecule has 0 amide bonds. The van der Waals surface area contributed by atoms with Crippen LogP contribution < -0.4 is 5.73 Å². The van der Waals surface area contributed by atoms with Crippen LogP contribution in [-0.2, 0) is 5.41 Å². The van der Waals surface area contributed by atoms with E-state index >= 15 is 0 Å². The van der Waals surface area contributed by atoms with Gasteiger partial charge in [0.1, 0.15) is 0 Å². The molecule has 0 fully saturated rings. The molecule has 1 unspecified atom stereocenters. The molecule has 1 aromatic heterocycles. The van der Waals surface area contributed by atoms with Gasteiger partial charge >= 0.3 is 0 Å². The molecule has 1 nitrogen and oxygen atoms in total. The first-order valence-corrected chi connectivity index (χ1v) is 5.68. The van der Waals surface area contributed by atoms with Crippen LogP contribution in [0, 0.1) is 5.92 Å². The Bertz CT molecular complexity index is 239. The van der Waals surface area contributed by atoms with E-state index < -0.39 is 0 Å². The Morgan fingerprint density at radius 3 is 2.69 bits per heavy atom. The van der Waals surface area contributed by atoms with Crippen LogP contribution in [0.25, 0.3) is 0 Å². The highest BCUT2D eigenvalue weighted by Gasteiger charge is 2.23.